The number of hydrogen-bond donors (Lipinski definition) is 3. The molecule has 0 aliphatic heterocycles. The number of benzene rings is 4. The monoisotopic (exact) mass is 639 g/mol. The van der Waals surface area contributed by atoms with Gasteiger partial charge < -0.3 is 25.2 Å². The number of ether oxygens (including phenoxy) is 2. The lowest BCUT2D eigenvalue weighted by atomic mass is 10.00. The molecule has 14 heteroatoms. The number of rotatable bonds is 9. The number of methoxy groups -OCH3 is 2. The van der Waals surface area contributed by atoms with Crippen molar-refractivity contribution in [3.8, 4) is 29.3 Å². The molecule has 0 unspecified atom stereocenters. The summed E-state index contributed by atoms with van der Waals surface area (Å²) in [6.07, 6.45) is 4.29. The number of phenolic OH excluding ortho intramolecular Hbond substituents is 1. The second-order valence-electron chi connectivity index (χ2n) is 10.0. The van der Waals surface area contributed by atoms with Crippen LogP contribution in [0.3, 0.4) is 0 Å². The van der Waals surface area contributed by atoms with Gasteiger partial charge in [0.15, 0.2) is 11.6 Å². The Morgan fingerprint density at radius 3 is 2.15 bits per heavy atom. The highest BCUT2D eigenvalue weighted by molar-refractivity contribution is 6.14. The highest BCUT2D eigenvalue weighted by Crippen LogP contribution is 2.41. The Labute approximate surface area is 272 Å². The van der Waals surface area contributed by atoms with E-state index in [1.54, 1.807) is 72.8 Å². The Balaban J connectivity index is 1.47. The molecule has 0 bridgehead atoms. The Hall–Kier alpha value is -7.14. The fourth-order valence-electron chi connectivity index (χ4n) is 4.83. The molecule has 48 heavy (non-hydrogen) atoms. The number of nitrogens with one attached hydrogen (secondary N) is 2. The van der Waals surface area contributed by atoms with Crippen LogP contribution in [-0.2, 0) is 0 Å². The second kappa shape index (κ2) is 13.5. The molecule has 0 radical (unpaired) electrons. The van der Waals surface area contributed by atoms with Crippen LogP contribution in [0.1, 0.15) is 26.3 Å². The van der Waals surface area contributed by atoms with Crippen molar-refractivity contribution in [1.82, 2.24) is 19.7 Å². The van der Waals surface area contributed by atoms with E-state index in [0.29, 0.717) is 33.6 Å². The van der Waals surface area contributed by atoms with Crippen LogP contribution in [0.15, 0.2) is 108 Å². The molecular weight excluding hydrogens is 614 g/mol. The quantitative estimate of drug-likeness (QED) is 0.152. The van der Waals surface area contributed by atoms with E-state index in [0.717, 1.165) is 0 Å². The molecule has 3 N–H and O–H groups in total. The zero-order valence-corrected chi connectivity index (χ0v) is 25.4. The molecule has 0 saturated heterocycles. The number of aromatic nitrogens is 4. The number of amides is 2. The van der Waals surface area contributed by atoms with Gasteiger partial charge in [0.1, 0.15) is 28.8 Å². The number of carbonyl (C=O) groups excluding carboxylic acids is 2. The number of aromatic hydroxyl groups is 1. The Kier molecular flexibility index (Phi) is 8.66. The second-order valence-corrected chi connectivity index (χ2v) is 10.0. The zero-order chi connectivity index (χ0) is 33.6. The van der Waals surface area contributed by atoms with Gasteiger partial charge in [0, 0.05) is 23.3 Å². The average molecular weight is 640 g/mol. The van der Waals surface area contributed by atoms with E-state index in [1.807, 2.05) is 6.07 Å². The molecule has 0 saturated carbocycles. The van der Waals surface area contributed by atoms with Gasteiger partial charge in [-0.15, -0.1) is 10.2 Å². The standard InChI is InChI=1S/C34H25N9O5/c1-47-27-10-5-3-8-25(27)39-32(45)20-12-13-23-21(16-20)17-24(33(46)40-26-9-4-6-11-28(26)48-2)30(44)29(23)41-42-31-22(18-35)19-38-43(31)34-36-14-7-15-37-34/h3-17,19,44H,1-2H3,(H,39,45)(H,40,46). The fraction of sp³-hybridized carbons (Fsp3) is 0.0588. The van der Waals surface area contributed by atoms with E-state index in [2.05, 4.69) is 35.9 Å². The summed E-state index contributed by atoms with van der Waals surface area (Å²) in [5.41, 5.74) is 0.891. The normalized spacial score (nSPS) is 10.9. The highest BCUT2D eigenvalue weighted by atomic mass is 16.5. The number of nitrogens with zero attached hydrogens (tertiary/aromatic N) is 7. The van der Waals surface area contributed by atoms with Crippen molar-refractivity contribution in [3.63, 3.8) is 0 Å². The predicted octanol–water partition coefficient (Wildman–Crippen LogP) is 6.33. The molecule has 2 amide bonds. The number of azo groups is 1. The SMILES string of the molecule is COc1ccccc1NC(=O)c1ccc2c(N=Nc3c(C#N)cnn3-c3ncccn3)c(O)c(C(=O)Nc3ccccc3OC)cc2c1. The Morgan fingerprint density at radius 1 is 0.854 bits per heavy atom. The maximum atomic E-state index is 13.6. The molecule has 236 valence electrons. The molecule has 6 aromatic rings. The first-order valence-electron chi connectivity index (χ1n) is 14.3. The van der Waals surface area contributed by atoms with Crippen molar-refractivity contribution < 1.29 is 24.2 Å². The third-order valence-electron chi connectivity index (χ3n) is 7.15. The Bertz CT molecular complexity index is 2240. The van der Waals surface area contributed by atoms with Crippen LogP contribution in [0.4, 0.5) is 22.9 Å². The van der Waals surface area contributed by atoms with Crippen LogP contribution in [0.2, 0.25) is 0 Å². The molecule has 2 heterocycles. The van der Waals surface area contributed by atoms with Crippen LogP contribution in [0.5, 0.6) is 17.2 Å². The Morgan fingerprint density at radius 2 is 1.50 bits per heavy atom. The van der Waals surface area contributed by atoms with Gasteiger partial charge in [0.2, 0.25) is 0 Å². The van der Waals surface area contributed by atoms with Crippen LogP contribution >= 0.6 is 0 Å². The van der Waals surface area contributed by atoms with Crippen LogP contribution < -0.4 is 20.1 Å². The third kappa shape index (κ3) is 6.06. The molecule has 4 aromatic carbocycles. The smallest absolute Gasteiger partial charge is 0.259 e. The molecule has 0 fully saturated rings. The van der Waals surface area contributed by atoms with Crippen LogP contribution in [0, 0.1) is 11.3 Å². The van der Waals surface area contributed by atoms with E-state index in [1.165, 1.54) is 43.6 Å². The van der Waals surface area contributed by atoms with Crippen molar-refractivity contribution >= 4 is 45.5 Å². The van der Waals surface area contributed by atoms with Crippen molar-refractivity contribution in [2.24, 2.45) is 10.2 Å². The zero-order valence-electron chi connectivity index (χ0n) is 25.4. The summed E-state index contributed by atoms with van der Waals surface area (Å²) in [6, 6.07) is 23.5. The van der Waals surface area contributed by atoms with E-state index in [4.69, 9.17) is 9.47 Å². The van der Waals surface area contributed by atoms with Crippen molar-refractivity contribution in [2.75, 3.05) is 24.9 Å². The van der Waals surface area contributed by atoms with Crippen LogP contribution in [-0.4, -0.2) is 50.9 Å². The predicted molar refractivity (Wildman–Crippen MR) is 176 cm³/mol. The molecule has 0 aliphatic carbocycles. The molecule has 0 aliphatic rings. The molecule has 6 rings (SSSR count). The topological polar surface area (TPSA) is 189 Å². The summed E-state index contributed by atoms with van der Waals surface area (Å²) < 4.78 is 11.9. The molecule has 14 nitrogen and oxygen atoms in total. The minimum Gasteiger partial charge on any atom is -0.505 e. The number of hydrogen-bond acceptors (Lipinski definition) is 11. The first-order valence-corrected chi connectivity index (χ1v) is 14.3. The lowest BCUT2D eigenvalue weighted by Gasteiger charge is -2.14. The number of anilines is 2. The van der Waals surface area contributed by atoms with Gasteiger partial charge >= 0.3 is 0 Å². The minimum atomic E-state index is -0.681. The summed E-state index contributed by atoms with van der Waals surface area (Å²) in [5, 5.41) is 40.3. The first kappa shape index (κ1) is 30.9. The van der Waals surface area contributed by atoms with Gasteiger partial charge in [-0.05, 0) is 53.9 Å². The molecule has 0 atom stereocenters. The number of para-hydroxylation sites is 4. The number of carbonyl (C=O) groups is 2. The van der Waals surface area contributed by atoms with E-state index in [-0.39, 0.29) is 34.1 Å². The molecular formula is C34H25N9O5. The summed E-state index contributed by atoms with van der Waals surface area (Å²) >= 11 is 0. The van der Waals surface area contributed by atoms with E-state index in [9.17, 15) is 20.0 Å². The minimum absolute atomic E-state index is 0.00654. The number of fused-ring (bicyclic) bond motifs is 1. The fourth-order valence-corrected chi connectivity index (χ4v) is 4.83. The summed E-state index contributed by atoms with van der Waals surface area (Å²) in [4.78, 5) is 35.3. The average Bonchev–Trinajstić information content (AvgIpc) is 3.54. The number of phenols is 1. The lowest BCUT2D eigenvalue weighted by Crippen LogP contribution is -2.14. The third-order valence-corrected chi connectivity index (χ3v) is 7.15. The largest absolute Gasteiger partial charge is 0.505 e. The summed E-state index contributed by atoms with van der Waals surface area (Å²) in [7, 11) is 2.97. The van der Waals surface area contributed by atoms with Gasteiger partial charge in [-0.3, -0.25) is 9.59 Å². The van der Waals surface area contributed by atoms with E-state index >= 15 is 0 Å². The maximum absolute atomic E-state index is 13.6. The van der Waals surface area contributed by atoms with Gasteiger partial charge in [-0.1, -0.05) is 30.3 Å². The number of nitriles is 1. The molecule has 2 aromatic heterocycles. The maximum Gasteiger partial charge on any atom is 0.259 e. The highest BCUT2D eigenvalue weighted by Gasteiger charge is 2.22. The van der Waals surface area contributed by atoms with E-state index < -0.39 is 17.6 Å². The summed E-state index contributed by atoms with van der Waals surface area (Å²) in [5.74, 6) is -0.605. The van der Waals surface area contributed by atoms with Crippen molar-refractivity contribution in [1.29, 1.82) is 5.26 Å². The van der Waals surface area contributed by atoms with Gasteiger partial charge in [0.05, 0.1) is 37.4 Å². The van der Waals surface area contributed by atoms with Gasteiger partial charge in [0.25, 0.3) is 17.8 Å². The van der Waals surface area contributed by atoms with Crippen LogP contribution in [0.25, 0.3) is 16.7 Å². The van der Waals surface area contributed by atoms with Crippen molar-refractivity contribution in [3.05, 3.63) is 114 Å². The van der Waals surface area contributed by atoms with Gasteiger partial charge in [-0.25, -0.2) is 9.97 Å². The van der Waals surface area contributed by atoms with Crippen molar-refractivity contribution in [2.45, 2.75) is 0 Å². The lowest BCUT2D eigenvalue weighted by molar-refractivity contribution is 0.101. The first-order chi connectivity index (χ1) is 23.4. The summed E-state index contributed by atoms with van der Waals surface area (Å²) in [6.45, 7) is 0. The molecule has 0 spiro atoms. The van der Waals surface area contributed by atoms with Gasteiger partial charge in [-0.2, -0.15) is 15.0 Å².